The highest BCUT2D eigenvalue weighted by Gasteiger charge is 2.28. The van der Waals surface area contributed by atoms with Crippen molar-refractivity contribution in [2.45, 2.75) is 6.92 Å². The summed E-state index contributed by atoms with van der Waals surface area (Å²) >= 11 is 7.56. The van der Waals surface area contributed by atoms with Gasteiger partial charge in [0.25, 0.3) is 5.91 Å². The summed E-state index contributed by atoms with van der Waals surface area (Å²) in [6, 6.07) is 15.6. The van der Waals surface area contributed by atoms with Gasteiger partial charge in [0.05, 0.1) is 11.5 Å². The molecule has 150 valence electrons. The molecule has 0 bridgehead atoms. The van der Waals surface area contributed by atoms with Crippen molar-refractivity contribution < 1.29 is 9.53 Å². The van der Waals surface area contributed by atoms with Gasteiger partial charge in [0.15, 0.2) is 5.17 Å². The Morgan fingerprint density at radius 3 is 2.52 bits per heavy atom. The second-order valence-corrected chi connectivity index (χ2v) is 8.21. The molecule has 2 heterocycles. The quantitative estimate of drug-likeness (QED) is 0.671. The summed E-state index contributed by atoms with van der Waals surface area (Å²) in [7, 11) is 0. The molecule has 1 fully saturated rings. The number of anilines is 1. The van der Waals surface area contributed by atoms with Crippen LogP contribution in [0.3, 0.4) is 0 Å². The zero-order chi connectivity index (χ0) is 20.2. The van der Waals surface area contributed by atoms with Gasteiger partial charge in [-0.05, 0) is 60.7 Å². The zero-order valence-electron chi connectivity index (χ0n) is 16.2. The second kappa shape index (κ2) is 8.93. The van der Waals surface area contributed by atoms with Crippen LogP contribution in [-0.2, 0) is 4.79 Å². The van der Waals surface area contributed by atoms with Crippen molar-refractivity contribution >= 4 is 46.2 Å². The van der Waals surface area contributed by atoms with Crippen molar-refractivity contribution in [1.29, 1.82) is 0 Å². The first-order valence-electron chi connectivity index (χ1n) is 9.63. The molecule has 0 unspecified atom stereocenters. The predicted molar refractivity (Wildman–Crippen MR) is 121 cm³/mol. The standard InChI is InChI=1S/C22H22ClN3O2S/c1-2-28-19-8-6-16(7-9-19)14-20-21(27)24-22(29-20)26-12-10-25(11-13-26)18-5-3-4-17(23)15-18/h3-9,14-15H,2,10-13H2,1H3/b20-14-. The fourth-order valence-corrected chi connectivity index (χ4v) is 4.49. The highest BCUT2D eigenvalue weighted by molar-refractivity contribution is 8.18. The van der Waals surface area contributed by atoms with E-state index in [2.05, 4.69) is 20.9 Å². The normalized spacial score (nSPS) is 18.3. The second-order valence-electron chi connectivity index (χ2n) is 6.77. The molecule has 4 rings (SSSR count). The van der Waals surface area contributed by atoms with Crippen LogP contribution in [0.25, 0.3) is 6.08 Å². The van der Waals surface area contributed by atoms with Crippen molar-refractivity contribution in [2.75, 3.05) is 37.7 Å². The Kier molecular flexibility index (Phi) is 6.11. The molecule has 0 atom stereocenters. The number of aliphatic imine (C=N–C) groups is 1. The molecule has 1 saturated heterocycles. The number of thioether (sulfide) groups is 1. The molecule has 0 N–H and O–H groups in total. The van der Waals surface area contributed by atoms with Gasteiger partial charge in [-0.15, -0.1) is 0 Å². The van der Waals surface area contributed by atoms with Crippen LogP contribution in [0.2, 0.25) is 5.02 Å². The van der Waals surface area contributed by atoms with Crippen LogP contribution in [0.1, 0.15) is 12.5 Å². The fourth-order valence-electron chi connectivity index (χ4n) is 3.34. The average Bonchev–Trinajstić information content (AvgIpc) is 3.10. The molecule has 2 aliphatic rings. The first kappa shape index (κ1) is 19.9. The number of hydrogen-bond acceptors (Lipinski definition) is 5. The molecule has 0 spiro atoms. The molecular weight excluding hydrogens is 406 g/mol. The van der Waals surface area contributed by atoms with Crippen molar-refractivity contribution in [1.82, 2.24) is 4.90 Å². The average molecular weight is 428 g/mol. The Morgan fingerprint density at radius 2 is 1.83 bits per heavy atom. The first-order valence-corrected chi connectivity index (χ1v) is 10.8. The van der Waals surface area contributed by atoms with Crippen molar-refractivity contribution in [3.8, 4) is 5.75 Å². The van der Waals surface area contributed by atoms with Crippen molar-refractivity contribution in [3.05, 3.63) is 64.0 Å². The summed E-state index contributed by atoms with van der Waals surface area (Å²) in [6.45, 7) is 5.97. The molecule has 29 heavy (non-hydrogen) atoms. The van der Waals surface area contributed by atoms with E-state index < -0.39 is 0 Å². The van der Waals surface area contributed by atoms with Gasteiger partial charge in [-0.3, -0.25) is 4.79 Å². The summed E-state index contributed by atoms with van der Waals surface area (Å²) in [6.07, 6.45) is 1.89. The highest BCUT2D eigenvalue weighted by atomic mass is 35.5. The molecule has 7 heteroatoms. The Balaban J connectivity index is 1.37. The molecule has 0 aromatic heterocycles. The van der Waals surface area contributed by atoms with Crippen LogP contribution in [0.5, 0.6) is 5.75 Å². The number of piperazine rings is 1. The third-order valence-electron chi connectivity index (χ3n) is 4.82. The number of amidine groups is 1. The SMILES string of the molecule is CCOc1ccc(/C=C2\SC(N3CCN(c4cccc(Cl)c4)CC3)=NC2=O)cc1. The summed E-state index contributed by atoms with van der Waals surface area (Å²) < 4.78 is 5.46. The third-order valence-corrected chi connectivity index (χ3v) is 6.10. The number of hydrogen-bond donors (Lipinski definition) is 0. The maximum atomic E-state index is 12.4. The first-order chi connectivity index (χ1) is 14.1. The number of rotatable bonds is 4. The van der Waals surface area contributed by atoms with Gasteiger partial charge in [-0.2, -0.15) is 4.99 Å². The van der Waals surface area contributed by atoms with Gasteiger partial charge < -0.3 is 14.5 Å². The minimum absolute atomic E-state index is 0.170. The Bertz CT molecular complexity index is 951. The fraction of sp³-hybridized carbons (Fsp3) is 0.273. The topological polar surface area (TPSA) is 45.1 Å². The summed E-state index contributed by atoms with van der Waals surface area (Å²) in [4.78, 5) is 21.8. The predicted octanol–water partition coefficient (Wildman–Crippen LogP) is 4.53. The van der Waals surface area contributed by atoms with Gasteiger partial charge >= 0.3 is 0 Å². The van der Waals surface area contributed by atoms with Crippen LogP contribution in [0.4, 0.5) is 5.69 Å². The van der Waals surface area contributed by atoms with E-state index in [9.17, 15) is 4.79 Å². The number of ether oxygens (including phenoxy) is 1. The van der Waals surface area contributed by atoms with E-state index in [-0.39, 0.29) is 5.91 Å². The molecule has 2 aliphatic heterocycles. The van der Waals surface area contributed by atoms with E-state index >= 15 is 0 Å². The lowest BCUT2D eigenvalue weighted by atomic mass is 10.2. The van der Waals surface area contributed by atoms with Gasteiger partial charge in [0, 0.05) is 36.9 Å². The number of carbonyl (C=O) groups is 1. The van der Waals surface area contributed by atoms with Gasteiger partial charge in [0.1, 0.15) is 5.75 Å². The number of nitrogens with zero attached hydrogens (tertiary/aromatic N) is 3. The monoisotopic (exact) mass is 427 g/mol. The van der Waals surface area contributed by atoms with E-state index in [0.717, 1.165) is 53.4 Å². The number of carbonyl (C=O) groups excluding carboxylic acids is 1. The van der Waals surface area contributed by atoms with E-state index in [1.54, 1.807) is 0 Å². The summed E-state index contributed by atoms with van der Waals surface area (Å²) in [5, 5.41) is 1.54. The molecule has 0 saturated carbocycles. The van der Waals surface area contributed by atoms with E-state index in [0.29, 0.717) is 11.5 Å². The number of benzene rings is 2. The minimum Gasteiger partial charge on any atom is -0.494 e. The van der Waals surface area contributed by atoms with Crippen LogP contribution < -0.4 is 9.64 Å². The van der Waals surface area contributed by atoms with Crippen molar-refractivity contribution in [3.63, 3.8) is 0 Å². The largest absolute Gasteiger partial charge is 0.494 e. The van der Waals surface area contributed by atoms with Crippen LogP contribution in [0, 0.1) is 0 Å². The lowest BCUT2D eigenvalue weighted by Gasteiger charge is -2.36. The van der Waals surface area contributed by atoms with Gasteiger partial charge in [-0.25, -0.2) is 0 Å². The molecule has 2 aromatic rings. The Hall–Kier alpha value is -2.44. The smallest absolute Gasteiger partial charge is 0.286 e. The summed E-state index contributed by atoms with van der Waals surface area (Å²) in [5.74, 6) is 0.658. The number of halogens is 1. The van der Waals surface area contributed by atoms with E-state index in [1.165, 1.54) is 11.8 Å². The van der Waals surface area contributed by atoms with E-state index in [4.69, 9.17) is 16.3 Å². The molecule has 0 radical (unpaired) electrons. The van der Waals surface area contributed by atoms with Crippen LogP contribution in [0.15, 0.2) is 58.4 Å². The van der Waals surface area contributed by atoms with Crippen molar-refractivity contribution in [2.24, 2.45) is 4.99 Å². The highest BCUT2D eigenvalue weighted by Crippen LogP contribution is 2.31. The molecule has 0 aliphatic carbocycles. The molecule has 2 aromatic carbocycles. The lowest BCUT2D eigenvalue weighted by molar-refractivity contribution is -0.113. The summed E-state index contributed by atoms with van der Waals surface area (Å²) in [5.41, 5.74) is 2.09. The van der Waals surface area contributed by atoms with E-state index in [1.807, 2.05) is 55.5 Å². The minimum atomic E-state index is -0.170. The molecule has 5 nitrogen and oxygen atoms in total. The van der Waals surface area contributed by atoms with Gasteiger partial charge in [-0.1, -0.05) is 29.8 Å². The molecule has 1 amide bonds. The number of amides is 1. The lowest BCUT2D eigenvalue weighted by Crippen LogP contribution is -2.47. The molecular formula is C22H22ClN3O2S. The van der Waals surface area contributed by atoms with Crippen LogP contribution in [-0.4, -0.2) is 48.8 Å². The maximum absolute atomic E-state index is 12.4. The Labute approximate surface area is 180 Å². The third kappa shape index (κ3) is 4.77. The Morgan fingerprint density at radius 1 is 1.10 bits per heavy atom. The van der Waals surface area contributed by atoms with Gasteiger partial charge in [0.2, 0.25) is 0 Å². The maximum Gasteiger partial charge on any atom is 0.286 e. The zero-order valence-corrected chi connectivity index (χ0v) is 17.7. The van der Waals surface area contributed by atoms with Crippen LogP contribution >= 0.6 is 23.4 Å².